The molecular weight excluding hydrogens is 293 g/mol. The molecule has 0 unspecified atom stereocenters. The minimum atomic E-state index is -1.33. The smallest absolute Gasteiger partial charge is 0.870 e. The van der Waals surface area contributed by atoms with Crippen molar-refractivity contribution in [3.63, 3.8) is 0 Å². The number of carbonyl (C=O) groups is 2. The van der Waals surface area contributed by atoms with E-state index in [1.807, 2.05) is 0 Å². The molecule has 5 nitrogen and oxygen atoms in total. The van der Waals surface area contributed by atoms with Gasteiger partial charge >= 0.3 is 154 Å². The van der Waals surface area contributed by atoms with Crippen LogP contribution in [0.3, 0.4) is 0 Å². The normalized spacial score (nSPS) is 7.00. The Hall–Kier alpha value is 3.03. The number of carboxylic acid groups (broad SMARTS) is 2. The van der Waals surface area contributed by atoms with Crippen molar-refractivity contribution < 1.29 is 179 Å². The van der Waals surface area contributed by atoms with Crippen molar-refractivity contribution in [3.8, 4) is 0 Å². The molecule has 0 heterocycles. The van der Waals surface area contributed by atoms with Crippen molar-refractivity contribution in [1.82, 2.24) is 0 Å². The van der Waals surface area contributed by atoms with Crippen LogP contribution in [0.2, 0.25) is 0 Å². The summed E-state index contributed by atoms with van der Waals surface area (Å²) >= 11 is 0. The zero-order valence-corrected chi connectivity index (χ0v) is 18.8. The Labute approximate surface area is 220 Å². The van der Waals surface area contributed by atoms with Crippen LogP contribution in [0, 0.1) is 0 Å². The van der Waals surface area contributed by atoms with Gasteiger partial charge in [0.2, 0.25) is 0 Å². The van der Waals surface area contributed by atoms with Gasteiger partial charge in [-0.3, -0.25) is 0 Å². The van der Waals surface area contributed by atoms with E-state index in [9.17, 15) is 19.8 Å². The molecule has 16 heavy (non-hydrogen) atoms. The summed E-state index contributed by atoms with van der Waals surface area (Å²) in [5.74, 6) is -2.67. The first-order valence-electron chi connectivity index (χ1n) is 3.14. The van der Waals surface area contributed by atoms with E-state index in [1.165, 1.54) is 0 Å². The van der Waals surface area contributed by atoms with Crippen LogP contribution in [-0.4, -0.2) is 17.4 Å². The summed E-state index contributed by atoms with van der Waals surface area (Å²) in [5, 5.41) is 20.4. The molecule has 1 aromatic carbocycles. The molecule has 0 bridgehead atoms. The number of hydrogen-bond donors (Lipinski definition) is 0. The van der Waals surface area contributed by atoms with Gasteiger partial charge in [-0.25, -0.2) is 0 Å². The van der Waals surface area contributed by atoms with Crippen molar-refractivity contribution in [1.29, 1.82) is 0 Å². The molecule has 0 saturated heterocycles. The van der Waals surface area contributed by atoms with Crippen LogP contribution >= 0.6 is 0 Å². The maximum Gasteiger partial charge on any atom is 1.00 e. The second-order valence-corrected chi connectivity index (χ2v) is 2.15. The quantitative estimate of drug-likeness (QED) is 0.504. The zero-order valence-electron chi connectivity index (χ0n) is 9.39. The molecule has 0 amide bonds. The first-order chi connectivity index (χ1) is 5.61. The van der Waals surface area contributed by atoms with Crippen molar-refractivity contribution in [2.75, 3.05) is 0 Å². The summed E-state index contributed by atoms with van der Waals surface area (Å²) in [7, 11) is 0. The van der Waals surface area contributed by atoms with Crippen molar-refractivity contribution in [2.24, 2.45) is 0 Å². The van der Waals surface area contributed by atoms with Gasteiger partial charge in [-0.15, -0.1) is 0 Å². The Kier molecular flexibility index (Phi) is 24.7. The van der Waals surface area contributed by atoms with E-state index >= 15 is 0 Å². The van der Waals surface area contributed by atoms with E-state index in [1.54, 1.807) is 0 Å². The molecule has 1 N–H and O–H groups in total. The van der Waals surface area contributed by atoms with Crippen LogP contribution in [0.25, 0.3) is 0 Å². The Bertz CT molecular complexity index is 292. The van der Waals surface area contributed by atoms with Crippen LogP contribution in [0.1, 0.15) is 20.7 Å². The molecule has 1 rings (SSSR count). The third kappa shape index (κ3) is 9.89. The molecule has 8 heteroatoms. The largest absolute Gasteiger partial charge is 1.00 e. The van der Waals surface area contributed by atoms with E-state index in [4.69, 9.17) is 0 Å². The molecule has 0 radical (unpaired) electrons. The van der Waals surface area contributed by atoms with Crippen LogP contribution in [0.4, 0.5) is 0 Å². The minimum absolute atomic E-state index is 0. The SMILES string of the molecule is O=C([O-])c1ccc(C(=O)[O-])cc1.[K+].[K+].[K+].[OH-]. The third-order valence-electron chi connectivity index (χ3n) is 1.36. The molecule has 0 atom stereocenters. The van der Waals surface area contributed by atoms with Gasteiger partial charge in [-0.05, 0) is 11.1 Å². The molecule has 0 saturated carbocycles. The van der Waals surface area contributed by atoms with Crippen molar-refractivity contribution in [3.05, 3.63) is 35.4 Å². The number of aromatic carboxylic acids is 2. The Morgan fingerprint density at radius 3 is 1.06 bits per heavy atom. The van der Waals surface area contributed by atoms with Gasteiger partial charge in [0.1, 0.15) is 0 Å². The first-order valence-corrected chi connectivity index (χ1v) is 3.14. The van der Waals surface area contributed by atoms with E-state index in [0.717, 1.165) is 24.3 Å². The van der Waals surface area contributed by atoms with E-state index in [2.05, 4.69) is 0 Å². The topological polar surface area (TPSA) is 110 Å². The third-order valence-corrected chi connectivity index (χ3v) is 1.36. The predicted octanol–water partition coefficient (Wildman–Crippen LogP) is -10.8. The second kappa shape index (κ2) is 14.4. The summed E-state index contributed by atoms with van der Waals surface area (Å²) in [6.45, 7) is 0. The average molecular weight is 298 g/mol. The minimum Gasteiger partial charge on any atom is -0.870 e. The fourth-order valence-corrected chi connectivity index (χ4v) is 0.742. The summed E-state index contributed by atoms with van der Waals surface area (Å²) < 4.78 is 0. The Morgan fingerprint density at radius 1 is 0.750 bits per heavy atom. The predicted molar refractivity (Wildman–Crippen MR) is 37.0 cm³/mol. The molecular formula is C8H5K3O5. The number of benzene rings is 1. The zero-order chi connectivity index (χ0) is 9.14. The summed E-state index contributed by atoms with van der Waals surface area (Å²) in [5.41, 5.74) is -0.111. The molecule has 0 aliphatic heterocycles. The second-order valence-electron chi connectivity index (χ2n) is 2.15. The van der Waals surface area contributed by atoms with Gasteiger partial charge in [-0.1, -0.05) is 24.3 Å². The van der Waals surface area contributed by atoms with Crippen LogP contribution in [0.15, 0.2) is 24.3 Å². The van der Waals surface area contributed by atoms with Gasteiger partial charge in [0.15, 0.2) is 0 Å². The molecule has 1 aromatic rings. The number of carboxylic acids is 2. The Morgan fingerprint density at radius 2 is 0.938 bits per heavy atom. The monoisotopic (exact) mass is 298 g/mol. The van der Waals surface area contributed by atoms with Gasteiger partial charge in [0.25, 0.3) is 0 Å². The number of rotatable bonds is 2. The van der Waals surface area contributed by atoms with Gasteiger partial charge in [-0.2, -0.15) is 0 Å². The number of carbonyl (C=O) groups excluding carboxylic acids is 2. The van der Waals surface area contributed by atoms with Crippen molar-refractivity contribution >= 4 is 11.9 Å². The summed E-state index contributed by atoms with van der Waals surface area (Å²) in [4.78, 5) is 20.4. The van der Waals surface area contributed by atoms with Crippen molar-refractivity contribution in [2.45, 2.75) is 0 Å². The fraction of sp³-hybridized carbons (Fsp3) is 0. The molecule has 0 aliphatic carbocycles. The molecule has 0 spiro atoms. The average Bonchev–Trinajstić information content (AvgIpc) is 2.04. The Balaban J connectivity index is -0.000000180. The molecule has 0 fully saturated rings. The molecule has 70 valence electrons. The fourth-order valence-electron chi connectivity index (χ4n) is 0.742. The molecule has 0 aromatic heterocycles. The summed E-state index contributed by atoms with van der Waals surface area (Å²) in [6, 6.07) is 4.61. The first kappa shape index (κ1) is 27.4. The van der Waals surface area contributed by atoms with Gasteiger partial charge in [0.05, 0.1) is 11.9 Å². The summed E-state index contributed by atoms with van der Waals surface area (Å²) in [6.07, 6.45) is 0. The maximum atomic E-state index is 10.2. The van der Waals surface area contributed by atoms with Crippen LogP contribution < -0.4 is 164 Å². The van der Waals surface area contributed by atoms with Crippen LogP contribution in [0.5, 0.6) is 0 Å². The molecule has 0 aliphatic rings. The van der Waals surface area contributed by atoms with E-state index < -0.39 is 11.9 Å². The standard InChI is InChI=1S/C8H6O4.3K.H2O/c9-7(10)5-1-2-6(4-3-5)8(11)12;;;;/h1-4H,(H,9,10)(H,11,12);;;;1H2/q;3*+1;/p-3. The van der Waals surface area contributed by atoms with E-state index in [-0.39, 0.29) is 171 Å². The maximum absolute atomic E-state index is 10.2. The number of hydrogen-bond acceptors (Lipinski definition) is 5. The van der Waals surface area contributed by atoms with Gasteiger partial charge < -0.3 is 25.3 Å². The van der Waals surface area contributed by atoms with Crippen LogP contribution in [-0.2, 0) is 0 Å². The van der Waals surface area contributed by atoms with E-state index in [0.29, 0.717) is 0 Å². The van der Waals surface area contributed by atoms with Gasteiger partial charge in [0, 0.05) is 0 Å².